The van der Waals surface area contributed by atoms with Gasteiger partial charge in [-0.2, -0.15) is 0 Å². The fourth-order valence-electron chi connectivity index (χ4n) is 3.74. The monoisotopic (exact) mass is 612 g/mol. The molecule has 1 aliphatic rings. The molecule has 0 unspecified atom stereocenters. The van der Waals surface area contributed by atoms with Crippen LogP contribution in [0.25, 0.3) is 0 Å². The van der Waals surface area contributed by atoms with Gasteiger partial charge in [0, 0.05) is 18.6 Å². The SMILES string of the molecule is CCOC(=O)c1cnc(S(C)(=O)=O)nc1C.CCOC(=O)c1cnc(SC)nc1C.CN1CCC(CCCN)CC1. The van der Waals surface area contributed by atoms with Crippen LogP contribution >= 0.6 is 11.8 Å². The van der Waals surface area contributed by atoms with Crippen LogP contribution in [0.3, 0.4) is 0 Å². The molecule has 0 bridgehead atoms. The Balaban J connectivity index is 0.000000313. The molecule has 12 nitrogen and oxygen atoms in total. The molecule has 230 valence electrons. The van der Waals surface area contributed by atoms with Crippen LogP contribution in [-0.4, -0.2) is 97.6 Å². The summed E-state index contributed by atoms with van der Waals surface area (Å²) < 4.78 is 31.9. The van der Waals surface area contributed by atoms with Crippen molar-refractivity contribution in [2.45, 2.75) is 63.7 Å². The third-order valence-electron chi connectivity index (χ3n) is 6.07. The summed E-state index contributed by atoms with van der Waals surface area (Å²) in [6.45, 7) is 10.8. The van der Waals surface area contributed by atoms with Crippen molar-refractivity contribution in [3.05, 3.63) is 34.9 Å². The molecule has 1 saturated heterocycles. The first kappa shape index (κ1) is 36.3. The van der Waals surface area contributed by atoms with Crippen molar-refractivity contribution in [1.29, 1.82) is 0 Å². The summed E-state index contributed by atoms with van der Waals surface area (Å²) in [5, 5.41) is 0.369. The number of ether oxygens (including phenoxy) is 2. The van der Waals surface area contributed by atoms with E-state index in [0.29, 0.717) is 23.0 Å². The number of nitrogens with zero attached hydrogens (tertiary/aromatic N) is 5. The Labute approximate surface area is 248 Å². The summed E-state index contributed by atoms with van der Waals surface area (Å²) in [6, 6.07) is 0. The number of nitrogens with two attached hydrogens (primary N) is 1. The Kier molecular flexibility index (Phi) is 16.6. The number of hydrogen-bond acceptors (Lipinski definition) is 13. The number of thioether (sulfide) groups is 1. The van der Waals surface area contributed by atoms with Gasteiger partial charge in [-0.15, -0.1) is 0 Å². The highest BCUT2D eigenvalue weighted by Crippen LogP contribution is 2.20. The van der Waals surface area contributed by atoms with Crippen LogP contribution in [0.15, 0.2) is 22.7 Å². The van der Waals surface area contributed by atoms with Crippen molar-refractivity contribution in [2.75, 3.05) is 52.4 Å². The molecule has 3 heterocycles. The lowest BCUT2D eigenvalue weighted by Crippen LogP contribution is -2.30. The van der Waals surface area contributed by atoms with Gasteiger partial charge >= 0.3 is 11.9 Å². The summed E-state index contributed by atoms with van der Waals surface area (Å²) in [5.74, 6) is 0.0486. The second-order valence-corrected chi connectivity index (χ2v) is 12.1. The predicted octanol–water partition coefficient (Wildman–Crippen LogP) is 3.12. The van der Waals surface area contributed by atoms with Gasteiger partial charge in [0.25, 0.3) is 0 Å². The first-order valence-corrected chi connectivity index (χ1v) is 16.6. The van der Waals surface area contributed by atoms with Crippen LogP contribution in [0.1, 0.15) is 71.6 Å². The van der Waals surface area contributed by atoms with Gasteiger partial charge in [0.15, 0.2) is 5.16 Å². The van der Waals surface area contributed by atoms with Gasteiger partial charge in [0.2, 0.25) is 15.0 Å². The molecule has 41 heavy (non-hydrogen) atoms. The molecule has 2 aromatic rings. The second kappa shape index (κ2) is 18.7. The Morgan fingerprint density at radius 1 is 1.00 bits per heavy atom. The van der Waals surface area contributed by atoms with E-state index in [-0.39, 0.29) is 29.0 Å². The Morgan fingerprint density at radius 3 is 1.93 bits per heavy atom. The maximum atomic E-state index is 11.4. The smallest absolute Gasteiger partial charge is 0.341 e. The van der Waals surface area contributed by atoms with Gasteiger partial charge in [0.1, 0.15) is 0 Å². The molecule has 1 aliphatic heterocycles. The summed E-state index contributed by atoms with van der Waals surface area (Å²) in [4.78, 5) is 40.7. The highest BCUT2D eigenvalue weighted by atomic mass is 32.2. The number of aryl methyl sites for hydroxylation is 2. The van der Waals surface area contributed by atoms with Gasteiger partial charge in [-0.25, -0.2) is 37.9 Å². The molecule has 14 heteroatoms. The normalized spacial score (nSPS) is 13.8. The minimum atomic E-state index is -3.45. The topological polar surface area (TPSA) is 168 Å². The van der Waals surface area contributed by atoms with Crippen LogP contribution in [0, 0.1) is 19.8 Å². The molecule has 0 saturated carbocycles. The molecule has 0 aromatic carbocycles. The number of likely N-dealkylation sites (tertiary alicyclic amines) is 1. The zero-order valence-corrected chi connectivity index (χ0v) is 26.8. The second-order valence-electron chi connectivity index (χ2n) is 9.40. The number of sulfone groups is 1. The molecule has 0 aliphatic carbocycles. The lowest BCUT2D eigenvalue weighted by molar-refractivity contribution is 0.0514. The molecule has 0 atom stereocenters. The van der Waals surface area contributed by atoms with Crippen molar-refractivity contribution in [3.8, 4) is 0 Å². The molecule has 0 radical (unpaired) electrons. The van der Waals surface area contributed by atoms with Crippen molar-refractivity contribution >= 4 is 33.5 Å². The number of carbonyl (C=O) groups is 2. The van der Waals surface area contributed by atoms with E-state index >= 15 is 0 Å². The first-order valence-electron chi connectivity index (χ1n) is 13.5. The van der Waals surface area contributed by atoms with Crippen LogP contribution in [0.4, 0.5) is 0 Å². The largest absolute Gasteiger partial charge is 0.462 e. The van der Waals surface area contributed by atoms with E-state index in [1.807, 2.05) is 6.26 Å². The minimum absolute atomic E-state index is 0.175. The summed E-state index contributed by atoms with van der Waals surface area (Å²) in [6.07, 6.45) is 10.9. The van der Waals surface area contributed by atoms with Crippen molar-refractivity contribution in [3.63, 3.8) is 0 Å². The zero-order chi connectivity index (χ0) is 31.0. The van der Waals surface area contributed by atoms with E-state index in [4.69, 9.17) is 15.2 Å². The molecule has 2 aromatic heterocycles. The van der Waals surface area contributed by atoms with E-state index in [1.54, 1.807) is 20.8 Å². The van der Waals surface area contributed by atoms with Crippen molar-refractivity contribution in [2.24, 2.45) is 11.7 Å². The number of hydrogen-bond donors (Lipinski definition) is 1. The maximum absolute atomic E-state index is 11.4. The lowest BCUT2D eigenvalue weighted by Gasteiger charge is -2.28. The average molecular weight is 613 g/mol. The Morgan fingerprint density at radius 2 is 1.51 bits per heavy atom. The van der Waals surface area contributed by atoms with Gasteiger partial charge in [-0.05, 0) is 92.2 Å². The number of esters is 2. The van der Waals surface area contributed by atoms with Crippen LogP contribution < -0.4 is 5.73 Å². The molecule has 3 rings (SSSR count). The number of carbonyl (C=O) groups excluding carboxylic acids is 2. The summed E-state index contributed by atoms with van der Waals surface area (Å²) in [5.41, 5.74) is 7.01. The molecular weight excluding hydrogens is 568 g/mol. The standard InChI is InChI=1S/C9H12N2O4S.C9H12N2O2S.C9H20N2/c1-4-15-8(12)7-5-10-9(11-6(7)2)16(3,13)14;1-4-13-8(12)7-5-10-9(14-3)11-6(7)2;1-11-7-4-9(5-8-11)3-2-6-10/h5H,4H2,1-3H3;5H,4H2,1-3H3;9H,2-8,10H2,1H3. The van der Waals surface area contributed by atoms with Gasteiger partial charge in [0.05, 0.1) is 35.7 Å². The molecule has 0 amide bonds. The molecule has 2 N–H and O–H groups in total. The van der Waals surface area contributed by atoms with Crippen LogP contribution in [0.2, 0.25) is 0 Å². The Hall–Kier alpha value is -2.68. The third kappa shape index (κ3) is 13.2. The number of aromatic nitrogens is 4. The highest BCUT2D eigenvalue weighted by Gasteiger charge is 2.17. The highest BCUT2D eigenvalue weighted by molar-refractivity contribution is 7.98. The quantitative estimate of drug-likeness (QED) is 0.249. The number of piperidine rings is 1. The van der Waals surface area contributed by atoms with Gasteiger partial charge in [-0.1, -0.05) is 11.8 Å². The van der Waals surface area contributed by atoms with Gasteiger partial charge in [-0.3, -0.25) is 0 Å². The Bertz CT molecular complexity index is 1220. The van der Waals surface area contributed by atoms with Crippen molar-refractivity contribution in [1.82, 2.24) is 24.8 Å². The van der Waals surface area contributed by atoms with E-state index in [1.165, 1.54) is 63.7 Å². The van der Waals surface area contributed by atoms with Crippen LogP contribution in [-0.2, 0) is 19.3 Å². The minimum Gasteiger partial charge on any atom is -0.462 e. The van der Waals surface area contributed by atoms with Crippen molar-refractivity contribution < 1.29 is 27.5 Å². The van der Waals surface area contributed by atoms with Gasteiger partial charge < -0.3 is 20.1 Å². The fraction of sp³-hybridized carbons (Fsp3) is 0.630. The third-order valence-corrected chi connectivity index (χ3v) is 7.50. The first-order chi connectivity index (χ1) is 19.4. The number of rotatable bonds is 9. The van der Waals surface area contributed by atoms with E-state index < -0.39 is 15.8 Å². The maximum Gasteiger partial charge on any atom is 0.341 e. The fourth-order valence-corrected chi connectivity index (χ4v) is 4.68. The predicted molar refractivity (Wildman–Crippen MR) is 159 cm³/mol. The average Bonchev–Trinajstić information content (AvgIpc) is 2.93. The zero-order valence-electron chi connectivity index (χ0n) is 25.2. The summed E-state index contributed by atoms with van der Waals surface area (Å²) >= 11 is 1.44. The molecule has 1 fully saturated rings. The molecular formula is C27H44N6O6S2. The van der Waals surface area contributed by atoms with Crippen LogP contribution in [0.5, 0.6) is 0 Å². The van der Waals surface area contributed by atoms with E-state index in [0.717, 1.165) is 24.9 Å². The lowest BCUT2D eigenvalue weighted by atomic mass is 9.92. The van der Waals surface area contributed by atoms with E-state index in [9.17, 15) is 18.0 Å². The summed E-state index contributed by atoms with van der Waals surface area (Å²) in [7, 11) is -1.25. The molecule has 0 spiro atoms. The van der Waals surface area contributed by atoms with E-state index in [2.05, 4.69) is 31.9 Å².